The topological polar surface area (TPSA) is 12.0 Å². The van der Waals surface area contributed by atoms with E-state index in [4.69, 9.17) is 0 Å². The van der Waals surface area contributed by atoms with Crippen LogP contribution in [0.25, 0.3) is 0 Å². The third-order valence-electron chi connectivity index (χ3n) is 4.76. The molecule has 1 unspecified atom stereocenters. The van der Waals surface area contributed by atoms with Crippen LogP contribution in [-0.4, -0.2) is 12.6 Å². The number of alkyl halides is 3. The number of hydrogen-bond donors (Lipinski definition) is 1. The van der Waals surface area contributed by atoms with E-state index in [1.54, 1.807) is 12.1 Å². The molecule has 118 valence electrons. The Morgan fingerprint density at radius 3 is 2.19 bits per heavy atom. The molecule has 1 aliphatic rings. The molecule has 4 heteroatoms. The first-order chi connectivity index (χ1) is 9.85. The summed E-state index contributed by atoms with van der Waals surface area (Å²) in [4.78, 5) is 0. The van der Waals surface area contributed by atoms with Gasteiger partial charge in [-0.15, -0.1) is 0 Å². The van der Waals surface area contributed by atoms with E-state index < -0.39 is 11.7 Å². The maximum atomic E-state index is 12.6. The SMILES string of the molecule is CCNC(Cc1ccc(C(F)(F)F)cc1)C1(C)CCCC1. The summed E-state index contributed by atoms with van der Waals surface area (Å²) < 4.78 is 37.8. The summed E-state index contributed by atoms with van der Waals surface area (Å²) in [6.07, 6.45) is 1.45. The van der Waals surface area contributed by atoms with Crippen LogP contribution < -0.4 is 5.32 Å². The van der Waals surface area contributed by atoms with Crippen molar-refractivity contribution >= 4 is 0 Å². The van der Waals surface area contributed by atoms with Gasteiger partial charge < -0.3 is 5.32 Å². The summed E-state index contributed by atoms with van der Waals surface area (Å²) in [7, 11) is 0. The second-order valence-electron chi connectivity index (χ2n) is 6.37. The summed E-state index contributed by atoms with van der Waals surface area (Å²) in [5.41, 5.74) is 0.666. The van der Waals surface area contributed by atoms with Gasteiger partial charge in [-0.2, -0.15) is 13.2 Å². The van der Waals surface area contributed by atoms with Crippen LogP contribution >= 0.6 is 0 Å². The van der Waals surface area contributed by atoms with Gasteiger partial charge in [-0.3, -0.25) is 0 Å². The van der Waals surface area contributed by atoms with Crippen molar-refractivity contribution in [2.75, 3.05) is 6.54 Å². The van der Waals surface area contributed by atoms with Crippen molar-refractivity contribution < 1.29 is 13.2 Å². The molecule has 0 aliphatic heterocycles. The minimum Gasteiger partial charge on any atom is -0.313 e. The van der Waals surface area contributed by atoms with E-state index in [0.29, 0.717) is 6.04 Å². The van der Waals surface area contributed by atoms with Crippen molar-refractivity contribution in [2.45, 2.75) is 58.2 Å². The smallest absolute Gasteiger partial charge is 0.313 e. The lowest BCUT2D eigenvalue weighted by molar-refractivity contribution is -0.137. The number of hydrogen-bond acceptors (Lipinski definition) is 1. The molecule has 21 heavy (non-hydrogen) atoms. The normalized spacial score (nSPS) is 19.7. The monoisotopic (exact) mass is 299 g/mol. The standard InChI is InChI=1S/C17H24F3N/c1-3-21-15(16(2)10-4-5-11-16)12-13-6-8-14(9-7-13)17(18,19)20/h6-9,15,21H,3-5,10-12H2,1-2H3. The number of benzene rings is 1. The molecule has 0 saturated heterocycles. The molecule has 0 spiro atoms. The number of likely N-dealkylation sites (N-methyl/N-ethyl adjacent to an activating group) is 1. The third kappa shape index (κ3) is 4.00. The Hall–Kier alpha value is -1.03. The highest BCUT2D eigenvalue weighted by atomic mass is 19.4. The van der Waals surface area contributed by atoms with E-state index in [9.17, 15) is 13.2 Å². The maximum absolute atomic E-state index is 12.6. The van der Waals surface area contributed by atoms with Crippen molar-refractivity contribution in [1.82, 2.24) is 5.32 Å². The molecular formula is C17H24F3N. The summed E-state index contributed by atoms with van der Waals surface area (Å²) in [5, 5.41) is 3.54. The third-order valence-corrected chi connectivity index (χ3v) is 4.76. The molecule has 1 fully saturated rings. The predicted octanol–water partition coefficient (Wildman–Crippen LogP) is 4.81. The Labute approximate surface area is 124 Å². The van der Waals surface area contributed by atoms with Crippen molar-refractivity contribution in [2.24, 2.45) is 5.41 Å². The van der Waals surface area contributed by atoms with E-state index in [-0.39, 0.29) is 5.41 Å². The van der Waals surface area contributed by atoms with Gasteiger partial charge in [0.1, 0.15) is 0 Å². The van der Waals surface area contributed by atoms with Crippen molar-refractivity contribution in [3.63, 3.8) is 0 Å². The van der Waals surface area contributed by atoms with Crippen LogP contribution in [0.4, 0.5) is 13.2 Å². The number of rotatable bonds is 5. The lowest BCUT2D eigenvalue weighted by atomic mass is 9.77. The van der Waals surface area contributed by atoms with E-state index >= 15 is 0 Å². The Morgan fingerprint density at radius 1 is 1.14 bits per heavy atom. The van der Waals surface area contributed by atoms with Gasteiger partial charge in [0.2, 0.25) is 0 Å². The number of nitrogens with one attached hydrogen (secondary N) is 1. The first-order valence-electron chi connectivity index (χ1n) is 7.75. The van der Waals surface area contributed by atoms with Gasteiger partial charge in [-0.25, -0.2) is 0 Å². The largest absolute Gasteiger partial charge is 0.416 e. The zero-order valence-electron chi connectivity index (χ0n) is 12.8. The zero-order chi connectivity index (χ0) is 15.5. The van der Waals surface area contributed by atoms with Gasteiger partial charge in [0.25, 0.3) is 0 Å². The molecule has 2 rings (SSSR count). The first-order valence-corrected chi connectivity index (χ1v) is 7.75. The molecule has 1 aromatic rings. The molecule has 0 radical (unpaired) electrons. The van der Waals surface area contributed by atoms with Crippen LogP contribution in [0.5, 0.6) is 0 Å². The van der Waals surface area contributed by atoms with Crippen LogP contribution in [0.2, 0.25) is 0 Å². The molecule has 0 heterocycles. The Balaban J connectivity index is 2.10. The maximum Gasteiger partial charge on any atom is 0.416 e. The second kappa shape index (κ2) is 6.39. The van der Waals surface area contributed by atoms with Gasteiger partial charge in [0, 0.05) is 6.04 Å². The molecule has 1 nitrogen and oxygen atoms in total. The highest BCUT2D eigenvalue weighted by molar-refractivity contribution is 5.25. The quantitative estimate of drug-likeness (QED) is 0.823. The van der Waals surface area contributed by atoms with Crippen molar-refractivity contribution in [1.29, 1.82) is 0 Å². The van der Waals surface area contributed by atoms with Gasteiger partial charge in [0.05, 0.1) is 5.56 Å². The van der Waals surface area contributed by atoms with Crippen molar-refractivity contribution in [3.8, 4) is 0 Å². The van der Waals surface area contributed by atoms with E-state index in [2.05, 4.69) is 19.2 Å². The average molecular weight is 299 g/mol. The lowest BCUT2D eigenvalue weighted by Crippen LogP contribution is -2.43. The Kier molecular flexibility index (Phi) is 4.97. The fourth-order valence-corrected chi connectivity index (χ4v) is 3.41. The van der Waals surface area contributed by atoms with Crippen LogP contribution in [0.15, 0.2) is 24.3 Å². The summed E-state index contributed by atoms with van der Waals surface area (Å²) >= 11 is 0. The molecule has 0 bridgehead atoms. The number of halogens is 3. The molecule has 1 N–H and O–H groups in total. The molecule has 1 aromatic carbocycles. The highest BCUT2D eigenvalue weighted by Crippen LogP contribution is 2.41. The molecule has 0 aromatic heterocycles. The van der Waals surface area contributed by atoms with Gasteiger partial charge in [-0.05, 0) is 48.9 Å². The molecule has 1 atom stereocenters. The fourth-order valence-electron chi connectivity index (χ4n) is 3.41. The predicted molar refractivity (Wildman–Crippen MR) is 79.2 cm³/mol. The van der Waals surface area contributed by atoms with Gasteiger partial charge in [0.15, 0.2) is 0 Å². The van der Waals surface area contributed by atoms with Crippen LogP contribution in [0.3, 0.4) is 0 Å². The minimum atomic E-state index is -4.25. The Bertz CT molecular complexity index is 444. The molecule has 1 saturated carbocycles. The Morgan fingerprint density at radius 2 is 1.71 bits per heavy atom. The van der Waals surface area contributed by atoms with Gasteiger partial charge in [-0.1, -0.05) is 38.8 Å². The second-order valence-corrected chi connectivity index (χ2v) is 6.37. The molecule has 1 aliphatic carbocycles. The highest BCUT2D eigenvalue weighted by Gasteiger charge is 2.36. The summed E-state index contributed by atoms with van der Waals surface area (Å²) in [6, 6.07) is 5.95. The summed E-state index contributed by atoms with van der Waals surface area (Å²) in [6.45, 7) is 5.27. The molecular weight excluding hydrogens is 275 g/mol. The van der Waals surface area contributed by atoms with Crippen LogP contribution in [0, 0.1) is 5.41 Å². The first kappa shape index (κ1) is 16.3. The molecule has 0 amide bonds. The summed E-state index contributed by atoms with van der Waals surface area (Å²) in [5.74, 6) is 0. The van der Waals surface area contributed by atoms with Gasteiger partial charge >= 0.3 is 6.18 Å². The van der Waals surface area contributed by atoms with E-state index in [1.807, 2.05) is 0 Å². The van der Waals surface area contributed by atoms with Crippen LogP contribution in [-0.2, 0) is 12.6 Å². The minimum absolute atomic E-state index is 0.263. The lowest BCUT2D eigenvalue weighted by Gasteiger charge is -2.35. The van der Waals surface area contributed by atoms with Crippen LogP contribution in [0.1, 0.15) is 50.7 Å². The zero-order valence-corrected chi connectivity index (χ0v) is 12.8. The van der Waals surface area contributed by atoms with E-state index in [0.717, 1.165) is 18.5 Å². The fraction of sp³-hybridized carbons (Fsp3) is 0.647. The average Bonchev–Trinajstić information content (AvgIpc) is 2.86. The van der Waals surface area contributed by atoms with E-state index in [1.165, 1.54) is 37.8 Å². The van der Waals surface area contributed by atoms with Crippen molar-refractivity contribution in [3.05, 3.63) is 35.4 Å².